The van der Waals surface area contributed by atoms with E-state index in [0.29, 0.717) is 36.2 Å². The van der Waals surface area contributed by atoms with Crippen molar-refractivity contribution in [1.82, 2.24) is 4.57 Å². The summed E-state index contributed by atoms with van der Waals surface area (Å²) in [4.78, 5) is 0. The standard InChI is InChI=1S/C18H18ClN3O2/c1-2-24-12-11-22-16-10-6-3-7-13(16)17(18(22)23)21-20-15-9-5-4-8-14(15)19/h3-10,23H,2,11-12H2,1H3. The monoisotopic (exact) mass is 343 g/mol. The Labute approximate surface area is 145 Å². The number of aromatic hydroxyl groups is 1. The lowest BCUT2D eigenvalue weighted by Crippen LogP contribution is -2.05. The lowest BCUT2D eigenvalue weighted by molar-refractivity contribution is 0.138. The van der Waals surface area contributed by atoms with Crippen LogP contribution in [0.4, 0.5) is 11.4 Å². The van der Waals surface area contributed by atoms with Crippen molar-refractivity contribution < 1.29 is 9.84 Å². The number of para-hydroxylation sites is 1. The third kappa shape index (κ3) is 3.27. The number of hydrogen-bond acceptors (Lipinski definition) is 4. The summed E-state index contributed by atoms with van der Waals surface area (Å²) in [5.74, 6) is 0.0757. The molecular weight excluding hydrogens is 326 g/mol. The normalized spacial score (nSPS) is 11.6. The van der Waals surface area contributed by atoms with Gasteiger partial charge in [-0.05, 0) is 25.1 Å². The molecule has 0 aliphatic carbocycles. The maximum absolute atomic E-state index is 10.6. The van der Waals surface area contributed by atoms with Gasteiger partial charge in [-0.15, -0.1) is 10.2 Å². The number of benzene rings is 2. The molecule has 0 saturated carbocycles. The minimum absolute atomic E-state index is 0.0757. The number of fused-ring (bicyclic) bond motifs is 1. The van der Waals surface area contributed by atoms with Gasteiger partial charge >= 0.3 is 0 Å². The lowest BCUT2D eigenvalue weighted by atomic mass is 10.2. The number of halogens is 1. The highest BCUT2D eigenvalue weighted by molar-refractivity contribution is 6.32. The van der Waals surface area contributed by atoms with Crippen molar-refractivity contribution in [1.29, 1.82) is 0 Å². The topological polar surface area (TPSA) is 59.1 Å². The first-order chi connectivity index (χ1) is 11.7. The SMILES string of the molecule is CCOCCn1c(O)c(N=Nc2ccccc2Cl)c2ccccc21. The average Bonchev–Trinajstić information content (AvgIpc) is 2.86. The van der Waals surface area contributed by atoms with Crippen LogP contribution in [-0.2, 0) is 11.3 Å². The Balaban J connectivity index is 2.01. The second kappa shape index (κ2) is 7.47. The van der Waals surface area contributed by atoms with Crippen molar-refractivity contribution in [3.05, 3.63) is 53.6 Å². The second-order valence-electron chi connectivity index (χ2n) is 5.19. The van der Waals surface area contributed by atoms with Gasteiger partial charge in [-0.2, -0.15) is 0 Å². The molecule has 0 amide bonds. The summed E-state index contributed by atoms with van der Waals surface area (Å²) >= 11 is 6.10. The number of aromatic nitrogens is 1. The van der Waals surface area contributed by atoms with E-state index < -0.39 is 0 Å². The molecule has 0 radical (unpaired) electrons. The zero-order valence-electron chi connectivity index (χ0n) is 13.3. The Morgan fingerprint density at radius 2 is 1.83 bits per heavy atom. The van der Waals surface area contributed by atoms with Crippen LogP contribution >= 0.6 is 11.6 Å². The molecule has 0 fully saturated rings. The first-order valence-electron chi connectivity index (χ1n) is 7.76. The van der Waals surface area contributed by atoms with E-state index in [9.17, 15) is 5.11 Å². The van der Waals surface area contributed by atoms with Gasteiger partial charge in [-0.3, -0.25) is 0 Å². The fraction of sp³-hybridized carbons (Fsp3) is 0.222. The minimum atomic E-state index is 0.0757. The molecule has 0 spiro atoms. The Morgan fingerprint density at radius 1 is 1.08 bits per heavy atom. The number of nitrogens with zero attached hydrogens (tertiary/aromatic N) is 3. The number of azo groups is 1. The average molecular weight is 344 g/mol. The van der Waals surface area contributed by atoms with E-state index in [-0.39, 0.29) is 5.88 Å². The smallest absolute Gasteiger partial charge is 0.220 e. The van der Waals surface area contributed by atoms with Crippen molar-refractivity contribution >= 4 is 33.9 Å². The molecule has 1 heterocycles. The first kappa shape index (κ1) is 16.5. The van der Waals surface area contributed by atoms with Crippen molar-refractivity contribution in [3.63, 3.8) is 0 Å². The molecule has 0 bridgehead atoms. The molecule has 0 saturated heterocycles. The van der Waals surface area contributed by atoms with Crippen LogP contribution in [0.1, 0.15) is 6.92 Å². The van der Waals surface area contributed by atoms with Crippen molar-refractivity contribution in [2.24, 2.45) is 10.2 Å². The Hall–Kier alpha value is -2.37. The van der Waals surface area contributed by atoms with Crippen molar-refractivity contribution in [3.8, 4) is 5.88 Å². The van der Waals surface area contributed by atoms with E-state index >= 15 is 0 Å². The van der Waals surface area contributed by atoms with Gasteiger partial charge in [0.2, 0.25) is 5.88 Å². The summed E-state index contributed by atoms with van der Waals surface area (Å²) in [6, 6.07) is 14.9. The van der Waals surface area contributed by atoms with E-state index in [1.807, 2.05) is 43.3 Å². The van der Waals surface area contributed by atoms with Crippen LogP contribution in [0.3, 0.4) is 0 Å². The molecule has 5 nitrogen and oxygen atoms in total. The Morgan fingerprint density at radius 3 is 2.62 bits per heavy atom. The van der Waals surface area contributed by atoms with Gasteiger partial charge in [0.1, 0.15) is 5.69 Å². The van der Waals surface area contributed by atoms with Gasteiger partial charge in [0.15, 0.2) is 5.69 Å². The highest BCUT2D eigenvalue weighted by Crippen LogP contribution is 2.39. The molecule has 3 aromatic rings. The maximum atomic E-state index is 10.6. The fourth-order valence-electron chi connectivity index (χ4n) is 2.53. The van der Waals surface area contributed by atoms with Gasteiger partial charge in [-0.1, -0.05) is 41.9 Å². The molecule has 24 heavy (non-hydrogen) atoms. The summed E-state index contributed by atoms with van der Waals surface area (Å²) in [5, 5.41) is 20.4. The largest absolute Gasteiger partial charge is 0.493 e. The van der Waals surface area contributed by atoms with Gasteiger partial charge in [0.05, 0.1) is 17.1 Å². The summed E-state index contributed by atoms with van der Waals surface area (Å²) in [5.41, 5.74) is 1.88. The molecule has 3 rings (SSSR count). The summed E-state index contributed by atoms with van der Waals surface area (Å²) in [6.45, 7) is 3.64. The molecule has 6 heteroatoms. The van der Waals surface area contributed by atoms with E-state index in [1.165, 1.54) is 0 Å². The van der Waals surface area contributed by atoms with E-state index in [0.717, 1.165) is 10.9 Å². The van der Waals surface area contributed by atoms with Crippen LogP contribution < -0.4 is 0 Å². The highest BCUT2D eigenvalue weighted by Gasteiger charge is 2.16. The molecule has 0 atom stereocenters. The molecule has 1 aromatic heterocycles. The molecule has 2 aromatic carbocycles. The molecule has 0 unspecified atom stereocenters. The third-order valence-corrected chi connectivity index (χ3v) is 4.01. The maximum Gasteiger partial charge on any atom is 0.220 e. The number of rotatable bonds is 6. The Kier molecular flexibility index (Phi) is 5.13. The van der Waals surface area contributed by atoms with Gasteiger partial charge in [0, 0.05) is 18.5 Å². The van der Waals surface area contributed by atoms with Crippen LogP contribution in [0.15, 0.2) is 58.8 Å². The zero-order chi connectivity index (χ0) is 16.9. The van der Waals surface area contributed by atoms with Crippen LogP contribution in [0.2, 0.25) is 5.02 Å². The third-order valence-electron chi connectivity index (χ3n) is 3.69. The Bertz CT molecular complexity index is 874. The van der Waals surface area contributed by atoms with E-state index in [4.69, 9.17) is 16.3 Å². The molecule has 0 aliphatic rings. The molecule has 1 N–H and O–H groups in total. The number of ether oxygens (including phenoxy) is 1. The molecular formula is C18H18ClN3O2. The predicted octanol–water partition coefficient (Wildman–Crippen LogP) is 5.45. The first-order valence-corrected chi connectivity index (χ1v) is 8.14. The zero-order valence-corrected chi connectivity index (χ0v) is 14.1. The van der Waals surface area contributed by atoms with Crippen molar-refractivity contribution in [2.75, 3.05) is 13.2 Å². The minimum Gasteiger partial charge on any atom is -0.493 e. The van der Waals surface area contributed by atoms with E-state index in [2.05, 4.69) is 10.2 Å². The predicted molar refractivity (Wildman–Crippen MR) is 95.7 cm³/mol. The van der Waals surface area contributed by atoms with Crippen LogP contribution in [0.25, 0.3) is 10.9 Å². The van der Waals surface area contributed by atoms with Crippen LogP contribution in [0, 0.1) is 0 Å². The second-order valence-corrected chi connectivity index (χ2v) is 5.60. The lowest BCUT2D eigenvalue weighted by Gasteiger charge is -2.06. The number of hydrogen-bond donors (Lipinski definition) is 1. The van der Waals surface area contributed by atoms with Gasteiger partial charge < -0.3 is 14.4 Å². The summed E-state index contributed by atoms with van der Waals surface area (Å²) in [6.07, 6.45) is 0. The highest BCUT2D eigenvalue weighted by atomic mass is 35.5. The van der Waals surface area contributed by atoms with E-state index in [1.54, 1.807) is 16.7 Å². The summed E-state index contributed by atoms with van der Waals surface area (Å²) in [7, 11) is 0. The van der Waals surface area contributed by atoms with Crippen LogP contribution in [0.5, 0.6) is 5.88 Å². The molecule has 0 aliphatic heterocycles. The molecule has 124 valence electrons. The van der Waals surface area contributed by atoms with Crippen molar-refractivity contribution in [2.45, 2.75) is 13.5 Å². The summed E-state index contributed by atoms with van der Waals surface area (Å²) < 4.78 is 7.18. The van der Waals surface area contributed by atoms with Gasteiger partial charge in [0.25, 0.3) is 0 Å². The van der Waals surface area contributed by atoms with Crippen LogP contribution in [-0.4, -0.2) is 22.9 Å². The quantitative estimate of drug-likeness (QED) is 0.477. The van der Waals surface area contributed by atoms with Gasteiger partial charge in [-0.25, -0.2) is 0 Å². The fourth-order valence-corrected chi connectivity index (χ4v) is 2.71.